The average Bonchev–Trinajstić information content (AvgIpc) is 1.92. The van der Waals surface area contributed by atoms with E-state index < -0.39 is 0 Å². The van der Waals surface area contributed by atoms with Gasteiger partial charge in [-0.3, -0.25) is 0 Å². The van der Waals surface area contributed by atoms with E-state index in [2.05, 4.69) is 20.4 Å². The number of rotatable bonds is 0. The molecule has 0 unspecified atom stereocenters. The Balaban J connectivity index is -0.0000000149. The third-order valence-corrected chi connectivity index (χ3v) is 0. The molecule has 4 N–H and O–H groups in total. The fourth-order valence-corrected chi connectivity index (χ4v) is 0. The van der Waals surface area contributed by atoms with E-state index >= 15 is 0 Å². The van der Waals surface area contributed by atoms with Crippen molar-refractivity contribution in [1.29, 1.82) is 0 Å². The molecule has 0 radical (unpaired) electrons. The van der Waals surface area contributed by atoms with Crippen LogP contribution in [0.3, 0.4) is 0 Å². The standard InChI is InChI=1S/C3H9N.C3H8.C3H6.CH4O.H3N.H2/c1-4(2)3;2*1-3-2;1-2;;/h1-3H3;3H2,1-2H3;3H,1H2,2H3;2H,1H3;1H3;1H. The summed E-state index contributed by atoms with van der Waals surface area (Å²) < 4.78 is 0. The normalized spacial score (nSPS) is 5.62. The van der Waals surface area contributed by atoms with Crippen LogP contribution in [-0.4, -0.2) is 38.3 Å². The van der Waals surface area contributed by atoms with Crippen molar-refractivity contribution in [2.24, 2.45) is 0 Å². The van der Waals surface area contributed by atoms with Crippen LogP contribution in [0.1, 0.15) is 28.6 Å². The summed E-state index contributed by atoms with van der Waals surface area (Å²) in [5.74, 6) is 0. The van der Waals surface area contributed by atoms with Crippen molar-refractivity contribution in [1.82, 2.24) is 11.1 Å². The van der Waals surface area contributed by atoms with Crippen molar-refractivity contribution in [3.63, 3.8) is 0 Å². The molecular formula is C10H32N2O. The number of hydrogen-bond acceptors (Lipinski definition) is 3. The van der Waals surface area contributed by atoms with E-state index in [1.54, 1.807) is 6.08 Å². The van der Waals surface area contributed by atoms with Gasteiger partial charge in [0.1, 0.15) is 0 Å². The molecule has 88 valence electrons. The molecule has 0 fully saturated rings. The maximum absolute atomic E-state index is 7.00. The number of aliphatic hydroxyl groups is 1. The number of nitrogens with zero attached hydrogens (tertiary/aromatic N) is 1. The molecule has 0 aromatic heterocycles. The lowest BCUT2D eigenvalue weighted by Crippen LogP contribution is -1.99. The minimum atomic E-state index is 0. The summed E-state index contributed by atoms with van der Waals surface area (Å²) in [6.07, 6.45) is 3.00. The predicted molar refractivity (Wildman–Crippen MR) is 66.7 cm³/mol. The zero-order valence-electron chi connectivity index (χ0n) is 10.6. The lowest BCUT2D eigenvalue weighted by atomic mass is 10.6. The van der Waals surface area contributed by atoms with Gasteiger partial charge in [0.15, 0.2) is 0 Å². The third kappa shape index (κ3) is 7450. The van der Waals surface area contributed by atoms with Gasteiger partial charge >= 0.3 is 0 Å². The summed E-state index contributed by atoms with van der Waals surface area (Å²) >= 11 is 0. The van der Waals surface area contributed by atoms with Gasteiger partial charge in [-0.2, -0.15) is 0 Å². The first kappa shape index (κ1) is 29.3. The second-order valence-corrected chi connectivity index (χ2v) is 2.46. The quantitative estimate of drug-likeness (QED) is 0.586. The van der Waals surface area contributed by atoms with Crippen LogP contribution in [0.25, 0.3) is 0 Å². The lowest BCUT2D eigenvalue weighted by Gasteiger charge is -1.90. The van der Waals surface area contributed by atoms with Gasteiger partial charge in [0.2, 0.25) is 0 Å². The molecule has 0 aliphatic heterocycles. The molecule has 0 spiro atoms. The molecule has 0 amide bonds. The van der Waals surface area contributed by atoms with E-state index in [9.17, 15) is 0 Å². The Morgan fingerprint density at radius 1 is 1.23 bits per heavy atom. The van der Waals surface area contributed by atoms with E-state index in [-0.39, 0.29) is 7.58 Å². The van der Waals surface area contributed by atoms with Gasteiger partial charge < -0.3 is 16.2 Å². The van der Waals surface area contributed by atoms with Crippen molar-refractivity contribution in [2.45, 2.75) is 27.2 Å². The molecule has 0 atom stereocenters. The second kappa shape index (κ2) is 61.4. The summed E-state index contributed by atoms with van der Waals surface area (Å²) in [6, 6.07) is 0. The minimum absolute atomic E-state index is 0. The fraction of sp³-hybridized carbons (Fsp3) is 0.800. The third-order valence-electron chi connectivity index (χ3n) is 0. The summed E-state index contributed by atoms with van der Waals surface area (Å²) in [5, 5.41) is 7.00. The van der Waals surface area contributed by atoms with Crippen LogP contribution < -0.4 is 6.15 Å². The van der Waals surface area contributed by atoms with E-state index in [1.807, 2.05) is 33.0 Å². The van der Waals surface area contributed by atoms with E-state index in [0.29, 0.717) is 0 Å². The molecule has 0 bridgehead atoms. The number of hydrogen-bond donors (Lipinski definition) is 2. The first-order valence-corrected chi connectivity index (χ1v) is 4.19. The van der Waals surface area contributed by atoms with Gasteiger partial charge in [0.25, 0.3) is 0 Å². The molecule has 0 saturated heterocycles. The summed E-state index contributed by atoms with van der Waals surface area (Å²) in [7, 11) is 7.00. The Labute approximate surface area is 86.5 Å². The minimum Gasteiger partial charge on any atom is -0.400 e. The van der Waals surface area contributed by atoms with Gasteiger partial charge in [-0.25, -0.2) is 0 Å². The van der Waals surface area contributed by atoms with Gasteiger partial charge in [0.05, 0.1) is 0 Å². The Morgan fingerprint density at radius 2 is 1.23 bits per heavy atom. The Hall–Kier alpha value is -0.380. The maximum Gasteiger partial charge on any atom is 0.0319 e. The molecule has 0 rings (SSSR count). The van der Waals surface area contributed by atoms with Gasteiger partial charge in [-0.1, -0.05) is 26.3 Å². The maximum atomic E-state index is 7.00. The van der Waals surface area contributed by atoms with Crippen LogP contribution in [0, 0.1) is 0 Å². The van der Waals surface area contributed by atoms with E-state index in [0.717, 1.165) is 7.11 Å². The highest BCUT2D eigenvalue weighted by molar-refractivity contribution is 4.51. The molecule has 13 heavy (non-hydrogen) atoms. The van der Waals surface area contributed by atoms with Crippen LogP contribution in [0.4, 0.5) is 0 Å². The van der Waals surface area contributed by atoms with Crippen molar-refractivity contribution in [2.75, 3.05) is 28.3 Å². The lowest BCUT2D eigenvalue weighted by molar-refractivity contribution is 0.399. The average molecular weight is 196 g/mol. The Morgan fingerprint density at radius 3 is 1.23 bits per heavy atom. The first-order valence-electron chi connectivity index (χ1n) is 4.19. The van der Waals surface area contributed by atoms with E-state index in [1.165, 1.54) is 6.42 Å². The zero-order valence-corrected chi connectivity index (χ0v) is 10.6. The molecule has 3 heteroatoms. The van der Waals surface area contributed by atoms with Crippen molar-refractivity contribution in [3.05, 3.63) is 12.7 Å². The van der Waals surface area contributed by atoms with Crippen molar-refractivity contribution in [3.8, 4) is 0 Å². The largest absolute Gasteiger partial charge is 0.400 e. The Kier molecular flexibility index (Phi) is 139. The van der Waals surface area contributed by atoms with E-state index in [4.69, 9.17) is 5.11 Å². The number of aliphatic hydroxyl groups excluding tert-OH is 1. The molecule has 0 aliphatic carbocycles. The van der Waals surface area contributed by atoms with Crippen LogP contribution in [0.5, 0.6) is 0 Å². The van der Waals surface area contributed by atoms with Gasteiger partial charge in [0, 0.05) is 8.54 Å². The molecule has 0 saturated carbocycles. The smallest absolute Gasteiger partial charge is 0.0319 e. The van der Waals surface area contributed by atoms with Crippen LogP contribution in [0.15, 0.2) is 12.7 Å². The van der Waals surface area contributed by atoms with Gasteiger partial charge in [-0.05, 0) is 28.1 Å². The second-order valence-electron chi connectivity index (χ2n) is 2.46. The van der Waals surface area contributed by atoms with Crippen LogP contribution >= 0.6 is 0 Å². The number of allylic oxidation sites excluding steroid dienone is 1. The monoisotopic (exact) mass is 196 g/mol. The first-order chi connectivity index (χ1) is 5.56. The van der Waals surface area contributed by atoms with Crippen LogP contribution in [-0.2, 0) is 0 Å². The highest BCUT2D eigenvalue weighted by Gasteiger charge is 1.58. The molecule has 0 heterocycles. The highest BCUT2D eigenvalue weighted by Crippen LogP contribution is 1.56. The summed E-state index contributed by atoms with van der Waals surface area (Å²) in [6.45, 7) is 9.50. The Bertz CT molecular complexity index is 50.6. The van der Waals surface area contributed by atoms with Crippen molar-refractivity contribution >= 4 is 0 Å². The molecule has 0 aromatic carbocycles. The summed E-state index contributed by atoms with van der Waals surface area (Å²) in [4.78, 5) is 2.00. The fourth-order valence-electron chi connectivity index (χ4n) is 0. The molecule has 3 nitrogen and oxygen atoms in total. The van der Waals surface area contributed by atoms with Crippen LogP contribution in [0.2, 0.25) is 0 Å². The SMILES string of the molecule is C=CC.CCC.CN(C)C.CO.N.[HH]. The topological polar surface area (TPSA) is 58.5 Å². The molecule has 0 aromatic rings. The predicted octanol–water partition coefficient (Wildman–Crippen LogP) is 2.80. The zero-order chi connectivity index (χ0) is 11.0. The molecular weight excluding hydrogens is 164 g/mol. The molecule has 0 aliphatic rings. The highest BCUT2D eigenvalue weighted by atomic mass is 16.2. The summed E-state index contributed by atoms with van der Waals surface area (Å²) in [5.41, 5.74) is 0. The van der Waals surface area contributed by atoms with Gasteiger partial charge in [-0.15, -0.1) is 6.58 Å². The van der Waals surface area contributed by atoms with Crippen molar-refractivity contribution < 1.29 is 6.53 Å².